The molecule has 0 atom stereocenters. The van der Waals surface area contributed by atoms with Crippen molar-refractivity contribution in [1.82, 2.24) is 14.5 Å². The highest BCUT2D eigenvalue weighted by atomic mass is 16.5. The predicted octanol–water partition coefficient (Wildman–Crippen LogP) is 4.16. The first-order valence-corrected chi connectivity index (χ1v) is 8.43. The Kier molecular flexibility index (Phi) is 4.05. The first kappa shape index (κ1) is 16.1. The van der Waals surface area contributed by atoms with Gasteiger partial charge in [-0.05, 0) is 17.7 Å². The summed E-state index contributed by atoms with van der Waals surface area (Å²) in [6.45, 7) is 0. The lowest BCUT2D eigenvalue weighted by Crippen LogP contribution is -2.11. The fourth-order valence-electron chi connectivity index (χ4n) is 3.23. The van der Waals surface area contributed by atoms with Gasteiger partial charge in [-0.1, -0.05) is 42.5 Å². The maximum Gasteiger partial charge on any atom is 0.150 e. The molecule has 130 valence electrons. The summed E-state index contributed by atoms with van der Waals surface area (Å²) < 4.78 is 7.64. The van der Waals surface area contributed by atoms with Crippen molar-refractivity contribution in [1.29, 1.82) is 0 Å². The summed E-state index contributed by atoms with van der Waals surface area (Å²) in [6.07, 6.45) is 3.72. The van der Waals surface area contributed by atoms with E-state index in [9.17, 15) is 0 Å². The molecule has 2 aromatic carbocycles. The van der Waals surface area contributed by atoms with Crippen molar-refractivity contribution < 1.29 is 4.74 Å². The van der Waals surface area contributed by atoms with Gasteiger partial charge in [-0.2, -0.15) is 0 Å². The van der Waals surface area contributed by atoms with E-state index < -0.39 is 0 Å². The van der Waals surface area contributed by atoms with Gasteiger partial charge in [0, 0.05) is 25.9 Å². The van der Waals surface area contributed by atoms with Crippen LogP contribution < -0.4 is 9.64 Å². The van der Waals surface area contributed by atoms with Gasteiger partial charge in [0.15, 0.2) is 5.65 Å². The molecule has 0 saturated carbocycles. The molecule has 2 heterocycles. The quantitative estimate of drug-likeness (QED) is 0.557. The van der Waals surface area contributed by atoms with Crippen molar-refractivity contribution in [2.45, 2.75) is 0 Å². The molecule has 0 saturated heterocycles. The Hall–Kier alpha value is -3.34. The normalized spacial score (nSPS) is 10.9. The first-order valence-electron chi connectivity index (χ1n) is 8.43. The predicted molar refractivity (Wildman–Crippen MR) is 105 cm³/mol. The highest BCUT2D eigenvalue weighted by molar-refractivity contribution is 6.02. The van der Waals surface area contributed by atoms with E-state index in [4.69, 9.17) is 4.74 Å². The zero-order valence-corrected chi connectivity index (χ0v) is 15.0. The van der Waals surface area contributed by atoms with Crippen LogP contribution in [-0.4, -0.2) is 35.7 Å². The average Bonchev–Trinajstić information content (AvgIpc) is 3.08. The third kappa shape index (κ3) is 2.58. The van der Waals surface area contributed by atoms with Crippen molar-refractivity contribution in [3.05, 3.63) is 67.1 Å². The molecule has 0 bridgehead atoms. The van der Waals surface area contributed by atoms with Crippen molar-refractivity contribution in [3.63, 3.8) is 0 Å². The van der Waals surface area contributed by atoms with Gasteiger partial charge >= 0.3 is 0 Å². The van der Waals surface area contributed by atoms with Crippen LogP contribution in [0.3, 0.4) is 0 Å². The summed E-state index contributed by atoms with van der Waals surface area (Å²) in [4.78, 5) is 11.1. The molecule has 2 aromatic heterocycles. The van der Waals surface area contributed by atoms with E-state index in [2.05, 4.69) is 32.9 Å². The summed E-state index contributed by atoms with van der Waals surface area (Å²) in [5.41, 5.74) is 4.03. The number of ether oxygens (including phenoxy) is 1. The van der Waals surface area contributed by atoms with Crippen LogP contribution in [0.1, 0.15) is 0 Å². The minimum Gasteiger partial charge on any atom is -0.495 e. The summed E-state index contributed by atoms with van der Waals surface area (Å²) in [5.74, 6) is 1.69. The summed E-state index contributed by atoms with van der Waals surface area (Å²) in [5, 5.41) is 1.02. The second-order valence-corrected chi connectivity index (χ2v) is 6.24. The number of para-hydroxylation sites is 2. The molecule has 0 aliphatic rings. The minimum absolute atomic E-state index is 0.800. The molecule has 4 aromatic rings. The molecule has 0 spiro atoms. The monoisotopic (exact) mass is 344 g/mol. The lowest BCUT2D eigenvalue weighted by Gasteiger charge is -2.14. The van der Waals surface area contributed by atoms with Crippen molar-refractivity contribution in [2.24, 2.45) is 0 Å². The van der Waals surface area contributed by atoms with Crippen LogP contribution in [0.4, 0.5) is 5.82 Å². The number of aromatic nitrogens is 3. The average molecular weight is 344 g/mol. The second kappa shape index (κ2) is 6.52. The van der Waals surface area contributed by atoms with E-state index >= 15 is 0 Å². The van der Waals surface area contributed by atoms with Gasteiger partial charge in [-0.15, -0.1) is 0 Å². The van der Waals surface area contributed by atoms with Gasteiger partial charge in [0.1, 0.15) is 17.9 Å². The molecule has 0 unspecified atom stereocenters. The van der Waals surface area contributed by atoms with Crippen molar-refractivity contribution >= 4 is 16.9 Å². The molecule has 4 rings (SSSR count). The van der Waals surface area contributed by atoms with Gasteiger partial charge in [0.05, 0.1) is 18.2 Å². The molecular weight excluding hydrogens is 324 g/mol. The Morgan fingerprint density at radius 1 is 0.923 bits per heavy atom. The lowest BCUT2D eigenvalue weighted by molar-refractivity contribution is 0.413. The number of fused-ring (bicyclic) bond motifs is 1. The molecule has 5 heteroatoms. The lowest BCUT2D eigenvalue weighted by atomic mass is 10.1. The summed E-state index contributed by atoms with van der Waals surface area (Å²) >= 11 is 0. The molecule has 0 aliphatic heterocycles. The van der Waals surface area contributed by atoms with E-state index in [1.165, 1.54) is 0 Å². The Morgan fingerprint density at radius 2 is 1.65 bits per heavy atom. The number of benzene rings is 2. The van der Waals surface area contributed by atoms with Gasteiger partial charge in [-0.3, -0.25) is 4.57 Å². The van der Waals surface area contributed by atoms with E-state index in [1.54, 1.807) is 13.4 Å². The van der Waals surface area contributed by atoms with Crippen LogP contribution in [0.15, 0.2) is 67.1 Å². The highest BCUT2D eigenvalue weighted by Crippen LogP contribution is 2.37. The smallest absolute Gasteiger partial charge is 0.150 e. The molecule has 26 heavy (non-hydrogen) atoms. The Labute approximate surface area is 152 Å². The number of methoxy groups -OCH3 is 1. The van der Waals surface area contributed by atoms with Crippen LogP contribution in [0.5, 0.6) is 5.75 Å². The summed E-state index contributed by atoms with van der Waals surface area (Å²) in [6, 6.07) is 18.3. The molecule has 0 fully saturated rings. The molecule has 0 aliphatic carbocycles. The van der Waals surface area contributed by atoms with Crippen LogP contribution >= 0.6 is 0 Å². The first-order chi connectivity index (χ1) is 12.7. The Bertz CT molecular complexity index is 1050. The topological polar surface area (TPSA) is 43.2 Å². The fraction of sp³-hybridized carbons (Fsp3) is 0.143. The summed E-state index contributed by atoms with van der Waals surface area (Å²) in [7, 11) is 5.68. The minimum atomic E-state index is 0.800. The van der Waals surface area contributed by atoms with Crippen molar-refractivity contribution in [2.75, 3.05) is 26.1 Å². The second-order valence-electron chi connectivity index (χ2n) is 6.24. The van der Waals surface area contributed by atoms with Crippen LogP contribution in [-0.2, 0) is 0 Å². The third-order valence-corrected chi connectivity index (χ3v) is 4.42. The number of nitrogens with zero attached hydrogens (tertiary/aromatic N) is 4. The van der Waals surface area contributed by atoms with Crippen LogP contribution in [0.25, 0.3) is 27.8 Å². The van der Waals surface area contributed by atoms with Crippen LogP contribution in [0, 0.1) is 0 Å². The fourth-order valence-corrected chi connectivity index (χ4v) is 3.23. The highest BCUT2D eigenvalue weighted by Gasteiger charge is 2.19. The molecule has 0 N–H and O–H groups in total. The molecule has 0 radical (unpaired) electrons. The Balaban J connectivity index is 2.09. The van der Waals surface area contributed by atoms with E-state index in [0.29, 0.717) is 0 Å². The van der Waals surface area contributed by atoms with Crippen molar-refractivity contribution in [3.8, 4) is 22.6 Å². The van der Waals surface area contributed by atoms with Crippen LogP contribution in [0.2, 0.25) is 0 Å². The van der Waals surface area contributed by atoms with E-state index in [1.807, 2.05) is 61.5 Å². The number of hydrogen-bond donors (Lipinski definition) is 0. The number of rotatable bonds is 4. The largest absolute Gasteiger partial charge is 0.495 e. The van der Waals surface area contributed by atoms with E-state index in [-0.39, 0.29) is 0 Å². The molecule has 5 nitrogen and oxygen atoms in total. The van der Waals surface area contributed by atoms with Gasteiger partial charge < -0.3 is 9.64 Å². The SMILES string of the molecule is COc1ccccc1-n1cc(-c2ccccc2)c2c(N(C)C)ncnc21. The maximum atomic E-state index is 5.57. The zero-order valence-electron chi connectivity index (χ0n) is 15.0. The standard InChI is InChI=1S/C21H20N4O/c1-24(2)20-19-16(15-9-5-4-6-10-15)13-25(21(19)23-14-22-20)17-11-7-8-12-18(17)26-3/h4-14H,1-3H3. The van der Waals surface area contributed by atoms with Gasteiger partial charge in [-0.25, -0.2) is 9.97 Å². The molecule has 0 amide bonds. The van der Waals surface area contributed by atoms with Gasteiger partial charge in [0.2, 0.25) is 0 Å². The third-order valence-electron chi connectivity index (χ3n) is 4.42. The molecular formula is C21H20N4O. The number of hydrogen-bond acceptors (Lipinski definition) is 4. The number of anilines is 1. The Morgan fingerprint density at radius 3 is 2.38 bits per heavy atom. The van der Waals surface area contributed by atoms with Gasteiger partial charge in [0.25, 0.3) is 0 Å². The zero-order chi connectivity index (χ0) is 18.1. The van der Waals surface area contributed by atoms with E-state index in [0.717, 1.165) is 39.4 Å². The maximum absolute atomic E-state index is 5.57.